The SMILES string of the molecule is CC(Nc1cncc(SCc2ccccc2)n1)c1cccc(S(N)(=O)=O)c1. The monoisotopic (exact) mass is 400 g/mol. The summed E-state index contributed by atoms with van der Waals surface area (Å²) in [4.78, 5) is 8.90. The van der Waals surface area contributed by atoms with E-state index in [9.17, 15) is 8.42 Å². The number of anilines is 1. The molecule has 0 aliphatic carbocycles. The van der Waals surface area contributed by atoms with Crippen molar-refractivity contribution in [3.8, 4) is 0 Å². The predicted molar refractivity (Wildman–Crippen MR) is 108 cm³/mol. The second kappa shape index (κ2) is 8.51. The van der Waals surface area contributed by atoms with Crippen LogP contribution in [0.4, 0.5) is 5.82 Å². The second-order valence-corrected chi connectivity index (χ2v) is 8.56. The number of primary sulfonamides is 1. The zero-order valence-electron chi connectivity index (χ0n) is 14.7. The van der Waals surface area contributed by atoms with Crippen molar-refractivity contribution in [3.05, 3.63) is 78.1 Å². The molecule has 1 unspecified atom stereocenters. The fourth-order valence-corrected chi connectivity index (χ4v) is 3.86. The summed E-state index contributed by atoms with van der Waals surface area (Å²) < 4.78 is 23.1. The van der Waals surface area contributed by atoms with Crippen LogP contribution in [0.2, 0.25) is 0 Å². The molecule has 3 aromatic rings. The molecule has 0 amide bonds. The van der Waals surface area contributed by atoms with Gasteiger partial charge in [-0.2, -0.15) is 0 Å². The van der Waals surface area contributed by atoms with Crippen molar-refractivity contribution in [1.82, 2.24) is 9.97 Å². The smallest absolute Gasteiger partial charge is 0.238 e. The Balaban J connectivity index is 1.69. The van der Waals surface area contributed by atoms with Crippen molar-refractivity contribution < 1.29 is 8.42 Å². The molecule has 1 atom stereocenters. The number of sulfonamides is 1. The summed E-state index contributed by atoms with van der Waals surface area (Å²) in [6.07, 6.45) is 3.37. The van der Waals surface area contributed by atoms with E-state index in [1.165, 1.54) is 11.6 Å². The quantitative estimate of drug-likeness (QED) is 0.588. The van der Waals surface area contributed by atoms with Crippen LogP contribution in [0.3, 0.4) is 0 Å². The van der Waals surface area contributed by atoms with E-state index in [-0.39, 0.29) is 10.9 Å². The van der Waals surface area contributed by atoms with Gasteiger partial charge in [-0.05, 0) is 30.2 Å². The van der Waals surface area contributed by atoms with Crippen LogP contribution in [-0.4, -0.2) is 18.4 Å². The zero-order valence-corrected chi connectivity index (χ0v) is 16.4. The summed E-state index contributed by atoms with van der Waals surface area (Å²) in [6.45, 7) is 1.92. The van der Waals surface area contributed by atoms with Gasteiger partial charge < -0.3 is 5.32 Å². The average Bonchev–Trinajstić information content (AvgIpc) is 2.67. The van der Waals surface area contributed by atoms with Crippen LogP contribution in [0, 0.1) is 0 Å². The highest BCUT2D eigenvalue weighted by Crippen LogP contribution is 2.24. The standard InChI is InChI=1S/C19H20N4O2S2/c1-14(16-8-5-9-17(10-16)27(20,24)25)22-18-11-21-12-19(23-18)26-13-15-6-3-2-4-7-15/h2-12,14H,13H2,1H3,(H,22,23)(H2,20,24,25). The largest absolute Gasteiger partial charge is 0.362 e. The predicted octanol–water partition coefficient (Wildman–Crippen LogP) is 3.59. The molecule has 0 bridgehead atoms. The average molecular weight is 401 g/mol. The summed E-state index contributed by atoms with van der Waals surface area (Å²) in [5, 5.41) is 9.27. The molecule has 140 valence electrons. The third-order valence-electron chi connectivity index (χ3n) is 3.89. The van der Waals surface area contributed by atoms with E-state index in [1.54, 1.807) is 36.3 Å². The number of nitrogens with two attached hydrogens (primary N) is 1. The van der Waals surface area contributed by atoms with Gasteiger partial charge in [0.2, 0.25) is 10.0 Å². The van der Waals surface area contributed by atoms with Gasteiger partial charge >= 0.3 is 0 Å². The molecule has 0 aliphatic heterocycles. The normalized spacial score (nSPS) is 12.5. The first-order valence-electron chi connectivity index (χ1n) is 8.30. The van der Waals surface area contributed by atoms with Crippen molar-refractivity contribution in [2.24, 2.45) is 5.14 Å². The number of aromatic nitrogens is 2. The maximum atomic E-state index is 11.5. The first-order chi connectivity index (χ1) is 12.9. The molecule has 1 heterocycles. The van der Waals surface area contributed by atoms with Crippen LogP contribution in [0.1, 0.15) is 24.1 Å². The minimum atomic E-state index is -3.73. The summed E-state index contributed by atoms with van der Waals surface area (Å²) >= 11 is 1.61. The van der Waals surface area contributed by atoms with Crippen LogP contribution < -0.4 is 10.5 Å². The maximum Gasteiger partial charge on any atom is 0.238 e. The molecule has 3 rings (SSSR count). The van der Waals surface area contributed by atoms with Gasteiger partial charge in [-0.3, -0.25) is 4.98 Å². The molecule has 0 fully saturated rings. The molecule has 27 heavy (non-hydrogen) atoms. The lowest BCUT2D eigenvalue weighted by Crippen LogP contribution is -2.14. The van der Waals surface area contributed by atoms with E-state index in [0.717, 1.165) is 16.3 Å². The number of hydrogen-bond acceptors (Lipinski definition) is 6. The van der Waals surface area contributed by atoms with Gasteiger partial charge in [0.1, 0.15) is 10.8 Å². The van der Waals surface area contributed by atoms with Crippen LogP contribution in [0.5, 0.6) is 0 Å². The molecule has 0 saturated carbocycles. The van der Waals surface area contributed by atoms with Gasteiger partial charge in [-0.1, -0.05) is 42.5 Å². The Bertz CT molecular complexity index is 1010. The molecule has 3 N–H and O–H groups in total. The van der Waals surface area contributed by atoms with E-state index < -0.39 is 10.0 Å². The van der Waals surface area contributed by atoms with E-state index >= 15 is 0 Å². The Kier molecular flexibility index (Phi) is 6.10. The molecule has 0 radical (unpaired) electrons. The van der Waals surface area contributed by atoms with E-state index in [0.29, 0.717) is 5.82 Å². The van der Waals surface area contributed by atoms with Gasteiger partial charge in [0.15, 0.2) is 0 Å². The number of hydrogen-bond donors (Lipinski definition) is 2. The zero-order chi connectivity index (χ0) is 19.3. The molecule has 6 nitrogen and oxygen atoms in total. The molecule has 2 aromatic carbocycles. The molecular weight excluding hydrogens is 380 g/mol. The molecular formula is C19H20N4O2S2. The fourth-order valence-electron chi connectivity index (χ4n) is 2.48. The number of nitrogens with one attached hydrogen (secondary N) is 1. The lowest BCUT2D eigenvalue weighted by Gasteiger charge is -2.16. The number of thioether (sulfide) groups is 1. The third-order valence-corrected chi connectivity index (χ3v) is 5.77. The minimum Gasteiger partial charge on any atom is -0.362 e. The molecule has 0 aliphatic rings. The van der Waals surface area contributed by atoms with E-state index in [2.05, 4.69) is 27.4 Å². The summed E-state index contributed by atoms with van der Waals surface area (Å²) in [7, 11) is -3.73. The third kappa shape index (κ3) is 5.53. The first-order valence-corrected chi connectivity index (χ1v) is 10.8. The van der Waals surface area contributed by atoms with Crippen molar-refractivity contribution in [3.63, 3.8) is 0 Å². The Morgan fingerprint density at radius 1 is 1.11 bits per heavy atom. The van der Waals surface area contributed by atoms with Gasteiger partial charge in [-0.25, -0.2) is 18.5 Å². The van der Waals surface area contributed by atoms with Crippen LogP contribution in [0.25, 0.3) is 0 Å². The van der Waals surface area contributed by atoms with Crippen molar-refractivity contribution in [2.75, 3.05) is 5.32 Å². The van der Waals surface area contributed by atoms with Crippen molar-refractivity contribution in [1.29, 1.82) is 0 Å². The van der Waals surface area contributed by atoms with Gasteiger partial charge in [0.25, 0.3) is 0 Å². The van der Waals surface area contributed by atoms with Crippen molar-refractivity contribution in [2.45, 2.75) is 28.6 Å². The van der Waals surface area contributed by atoms with Crippen LogP contribution >= 0.6 is 11.8 Å². The Labute approximate surface area is 163 Å². The first kappa shape index (κ1) is 19.3. The summed E-state index contributed by atoms with van der Waals surface area (Å²) in [5.74, 6) is 1.44. The van der Waals surface area contributed by atoms with E-state index in [4.69, 9.17) is 5.14 Å². The summed E-state index contributed by atoms with van der Waals surface area (Å²) in [5.41, 5.74) is 2.02. The van der Waals surface area contributed by atoms with Crippen LogP contribution in [-0.2, 0) is 15.8 Å². The Hall–Kier alpha value is -2.42. The van der Waals surface area contributed by atoms with Crippen molar-refractivity contribution >= 4 is 27.6 Å². The molecule has 0 spiro atoms. The lowest BCUT2D eigenvalue weighted by molar-refractivity contribution is 0.597. The number of benzene rings is 2. The number of nitrogens with zero attached hydrogens (tertiary/aromatic N) is 2. The fraction of sp³-hybridized carbons (Fsp3) is 0.158. The number of rotatable bonds is 7. The van der Waals surface area contributed by atoms with Crippen LogP contribution in [0.15, 0.2) is 76.9 Å². The minimum absolute atomic E-state index is 0.0897. The van der Waals surface area contributed by atoms with Gasteiger partial charge in [-0.15, -0.1) is 11.8 Å². The maximum absolute atomic E-state index is 11.5. The van der Waals surface area contributed by atoms with Gasteiger partial charge in [0.05, 0.1) is 23.3 Å². The second-order valence-electron chi connectivity index (χ2n) is 6.00. The Morgan fingerprint density at radius 2 is 1.89 bits per heavy atom. The van der Waals surface area contributed by atoms with Gasteiger partial charge in [0, 0.05) is 5.75 Å². The Morgan fingerprint density at radius 3 is 2.63 bits per heavy atom. The van der Waals surface area contributed by atoms with E-state index in [1.807, 2.05) is 31.2 Å². The highest BCUT2D eigenvalue weighted by molar-refractivity contribution is 7.98. The molecule has 1 aromatic heterocycles. The highest BCUT2D eigenvalue weighted by atomic mass is 32.2. The molecule has 0 saturated heterocycles. The molecule has 8 heteroatoms. The lowest BCUT2D eigenvalue weighted by atomic mass is 10.1. The topological polar surface area (TPSA) is 98.0 Å². The summed E-state index contributed by atoms with van der Waals surface area (Å²) in [6, 6.07) is 16.6. The highest BCUT2D eigenvalue weighted by Gasteiger charge is 2.12.